The highest BCUT2D eigenvalue weighted by Gasteiger charge is 2.23. The van der Waals surface area contributed by atoms with E-state index in [0.29, 0.717) is 6.42 Å². The number of amides is 1. The molecule has 0 radical (unpaired) electrons. The zero-order chi connectivity index (χ0) is 13.0. The quantitative estimate of drug-likeness (QED) is 0.903. The van der Waals surface area contributed by atoms with E-state index in [2.05, 4.69) is 19.6 Å². The van der Waals surface area contributed by atoms with E-state index in [-0.39, 0.29) is 11.9 Å². The third kappa shape index (κ3) is 3.41. The van der Waals surface area contributed by atoms with Crippen LogP contribution in [0.15, 0.2) is 0 Å². The molecule has 1 aromatic heterocycles. The summed E-state index contributed by atoms with van der Waals surface area (Å²) in [5, 5.41) is 4.08. The van der Waals surface area contributed by atoms with Crippen LogP contribution in [0.1, 0.15) is 38.4 Å². The number of hydrogen-bond acceptors (Lipinski definition) is 5. The molecular weight excluding hydrogens is 248 g/mol. The first-order chi connectivity index (χ1) is 8.69. The number of anilines is 1. The highest BCUT2D eigenvalue weighted by molar-refractivity contribution is 7.09. The van der Waals surface area contributed by atoms with Crippen LogP contribution in [0, 0.1) is 6.92 Å². The molecule has 0 saturated carbocycles. The lowest BCUT2D eigenvalue weighted by atomic mass is 10.1. The molecule has 18 heavy (non-hydrogen) atoms. The van der Waals surface area contributed by atoms with Gasteiger partial charge in [-0.15, -0.1) is 0 Å². The number of nitrogens with one attached hydrogen (secondary N) is 1. The molecule has 0 bridgehead atoms. The maximum Gasteiger partial charge on any atom is 0.220 e. The average Bonchev–Trinajstić information content (AvgIpc) is 2.76. The maximum absolute atomic E-state index is 11.6. The van der Waals surface area contributed by atoms with Crippen molar-refractivity contribution in [3.05, 3.63) is 5.82 Å². The first kappa shape index (κ1) is 13.3. The van der Waals surface area contributed by atoms with Gasteiger partial charge in [-0.05, 0) is 26.2 Å². The van der Waals surface area contributed by atoms with Crippen LogP contribution in [-0.4, -0.2) is 34.4 Å². The van der Waals surface area contributed by atoms with Crippen LogP contribution in [0.25, 0.3) is 0 Å². The van der Waals surface area contributed by atoms with Crippen LogP contribution in [0.5, 0.6) is 0 Å². The minimum absolute atomic E-state index is 0.165. The lowest BCUT2D eigenvalue weighted by molar-refractivity contribution is -0.121. The molecule has 0 aliphatic carbocycles. The van der Waals surface area contributed by atoms with Crippen LogP contribution >= 0.6 is 11.5 Å². The van der Waals surface area contributed by atoms with Crippen molar-refractivity contribution in [1.29, 1.82) is 0 Å². The number of carbonyl (C=O) groups is 1. The first-order valence-electron chi connectivity index (χ1n) is 6.53. The molecule has 6 heteroatoms. The highest BCUT2D eigenvalue weighted by atomic mass is 32.1. The van der Waals surface area contributed by atoms with Crippen molar-refractivity contribution in [2.75, 3.05) is 18.0 Å². The number of aryl methyl sites for hydroxylation is 1. The van der Waals surface area contributed by atoms with Crippen molar-refractivity contribution < 1.29 is 4.79 Å². The molecule has 1 N–H and O–H groups in total. The minimum Gasteiger partial charge on any atom is -0.352 e. The van der Waals surface area contributed by atoms with E-state index in [1.165, 1.54) is 11.5 Å². The van der Waals surface area contributed by atoms with E-state index in [1.54, 1.807) is 0 Å². The molecule has 1 atom stereocenters. The van der Waals surface area contributed by atoms with E-state index in [1.807, 2.05) is 13.8 Å². The minimum atomic E-state index is 0.165. The summed E-state index contributed by atoms with van der Waals surface area (Å²) in [4.78, 5) is 18.2. The van der Waals surface area contributed by atoms with Gasteiger partial charge in [-0.1, -0.05) is 6.92 Å². The molecule has 2 heterocycles. The van der Waals surface area contributed by atoms with Gasteiger partial charge in [0.15, 0.2) is 0 Å². The second-order valence-electron chi connectivity index (χ2n) is 4.73. The van der Waals surface area contributed by atoms with Gasteiger partial charge < -0.3 is 10.2 Å². The van der Waals surface area contributed by atoms with Gasteiger partial charge >= 0.3 is 0 Å². The molecule has 1 amide bonds. The summed E-state index contributed by atoms with van der Waals surface area (Å²) in [5.41, 5.74) is 0. The zero-order valence-electron chi connectivity index (χ0n) is 11.0. The second-order valence-corrected chi connectivity index (χ2v) is 5.46. The SMILES string of the molecule is CCCC(=O)N[C@@H]1CCCN(c2nc(C)ns2)C1. The molecule has 1 saturated heterocycles. The fourth-order valence-corrected chi connectivity index (χ4v) is 2.92. The van der Waals surface area contributed by atoms with Gasteiger partial charge in [0.1, 0.15) is 5.82 Å². The Morgan fingerprint density at radius 3 is 3.11 bits per heavy atom. The number of rotatable bonds is 4. The topological polar surface area (TPSA) is 58.1 Å². The van der Waals surface area contributed by atoms with Gasteiger partial charge in [0, 0.05) is 37.1 Å². The number of hydrogen-bond donors (Lipinski definition) is 1. The van der Waals surface area contributed by atoms with Gasteiger partial charge in [0.05, 0.1) is 0 Å². The lowest BCUT2D eigenvalue weighted by Crippen LogP contribution is -2.47. The lowest BCUT2D eigenvalue weighted by Gasteiger charge is -2.32. The Morgan fingerprint density at radius 2 is 2.44 bits per heavy atom. The summed E-state index contributed by atoms with van der Waals surface area (Å²) < 4.78 is 4.21. The fourth-order valence-electron chi connectivity index (χ4n) is 2.21. The monoisotopic (exact) mass is 268 g/mol. The smallest absolute Gasteiger partial charge is 0.220 e. The van der Waals surface area contributed by atoms with Crippen LogP contribution in [0.4, 0.5) is 5.13 Å². The first-order valence-corrected chi connectivity index (χ1v) is 7.31. The summed E-state index contributed by atoms with van der Waals surface area (Å²) >= 11 is 1.44. The summed E-state index contributed by atoms with van der Waals surface area (Å²) in [6, 6.07) is 0.252. The van der Waals surface area contributed by atoms with Gasteiger partial charge in [-0.25, -0.2) is 4.98 Å². The van der Waals surface area contributed by atoms with E-state index in [9.17, 15) is 4.79 Å². The molecule has 1 aliphatic heterocycles. The van der Waals surface area contributed by atoms with E-state index >= 15 is 0 Å². The molecular formula is C12H20N4OS. The number of nitrogens with zero attached hydrogens (tertiary/aromatic N) is 3. The highest BCUT2D eigenvalue weighted by Crippen LogP contribution is 2.21. The van der Waals surface area contributed by atoms with E-state index in [4.69, 9.17) is 0 Å². The van der Waals surface area contributed by atoms with Gasteiger partial charge in [-0.2, -0.15) is 4.37 Å². The van der Waals surface area contributed by atoms with Gasteiger partial charge in [-0.3, -0.25) is 4.79 Å². The van der Waals surface area contributed by atoms with Crippen molar-refractivity contribution in [1.82, 2.24) is 14.7 Å². The van der Waals surface area contributed by atoms with Crippen LogP contribution in [0.2, 0.25) is 0 Å². The van der Waals surface area contributed by atoms with Crippen molar-refractivity contribution in [3.63, 3.8) is 0 Å². The third-order valence-electron chi connectivity index (χ3n) is 3.05. The Balaban J connectivity index is 1.90. The second kappa shape index (κ2) is 6.13. The van der Waals surface area contributed by atoms with E-state index < -0.39 is 0 Å². The van der Waals surface area contributed by atoms with Gasteiger partial charge in [0.2, 0.25) is 11.0 Å². The molecule has 100 valence electrons. The molecule has 1 fully saturated rings. The van der Waals surface area contributed by atoms with Crippen LogP contribution in [0.3, 0.4) is 0 Å². The Bertz CT molecular complexity index is 407. The Morgan fingerprint density at radius 1 is 1.61 bits per heavy atom. The molecule has 0 spiro atoms. The molecule has 5 nitrogen and oxygen atoms in total. The van der Waals surface area contributed by atoms with Crippen molar-refractivity contribution in [2.45, 2.75) is 45.6 Å². The average molecular weight is 268 g/mol. The molecule has 2 rings (SSSR count). The summed E-state index contributed by atoms with van der Waals surface area (Å²) in [5.74, 6) is 0.991. The van der Waals surface area contributed by atoms with Crippen LogP contribution < -0.4 is 10.2 Å². The predicted molar refractivity (Wildman–Crippen MR) is 72.9 cm³/mol. The summed E-state index contributed by atoms with van der Waals surface area (Å²) in [7, 11) is 0. The molecule has 1 aliphatic rings. The Hall–Kier alpha value is -1.17. The summed E-state index contributed by atoms with van der Waals surface area (Å²) in [6.45, 7) is 5.79. The van der Waals surface area contributed by atoms with Crippen molar-refractivity contribution >= 4 is 22.6 Å². The fraction of sp³-hybridized carbons (Fsp3) is 0.750. The molecule has 0 aromatic carbocycles. The zero-order valence-corrected chi connectivity index (χ0v) is 11.8. The van der Waals surface area contributed by atoms with Gasteiger partial charge in [0.25, 0.3) is 0 Å². The Kier molecular flexibility index (Phi) is 4.52. The molecule has 1 aromatic rings. The number of aromatic nitrogens is 2. The van der Waals surface area contributed by atoms with Crippen LogP contribution in [-0.2, 0) is 4.79 Å². The maximum atomic E-state index is 11.6. The third-order valence-corrected chi connectivity index (χ3v) is 3.92. The summed E-state index contributed by atoms with van der Waals surface area (Å²) in [6.07, 6.45) is 3.67. The Labute approximate surface area is 112 Å². The van der Waals surface area contributed by atoms with Crippen molar-refractivity contribution in [2.24, 2.45) is 0 Å². The molecule has 0 unspecified atom stereocenters. The predicted octanol–water partition coefficient (Wildman–Crippen LogP) is 1.73. The standard InChI is InChI=1S/C12H20N4OS/c1-3-5-11(17)14-10-6-4-7-16(8-10)12-13-9(2)15-18-12/h10H,3-8H2,1-2H3,(H,14,17)/t10-/m1/s1. The largest absolute Gasteiger partial charge is 0.352 e. The van der Waals surface area contributed by atoms with E-state index in [0.717, 1.165) is 43.3 Å². The normalized spacial score (nSPS) is 19.9. The number of carbonyl (C=O) groups excluding carboxylic acids is 1. The number of piperidine rings is 1. The van der Waals surface area contributed by atoms with Crippen molar-refractivity contribution in [3.8, 4) is 0 Å².